The number of aliphatic carboxylic acids is 1. The molecule has 4 heteroatoms. The number of hydrogen-bond donors (Lipinski definition) is 1. The minimum absolute atomic E-state index is 0.105. The van der Waals surface area contributed by atoms with E-state index in [2.05, 4.69) is 9.80 Å². The van der Waals surface area contributed by atoms with Gasteiger partial charge in [-0.05, 0) is 25.9 Å². The highest BCUT2D eigenvalue weighted by Gasteiger charge is 2.32. The minimum Gasteiger partial charge on any atom is -0.481 e. The molecule has 2 saturated heterocycles. The molecule has 2 fully saturated rings. The van der Waals surface area contributed by atoms with Gasteiger partial charge in [0.15, 0.2) is 0 Å². The predicted octanol–water partition coefficient (Wildman–Crippen LogP) is 0.489. The first-order valence-electron chi connectivity index (χ1n) is 5.93. The van der Waals surface area contributed by atoms with Crippen LogP contribution in [-0.4, -0.2) is 60.1 Å². The summed E-state index contributed by atoms with van der Waals surface area (Å²) in [6.45, 7) is 6.13. The maximum absolute atomic E-state index is 10.6. The highest BCUT2D eigenvalue weighted by molar-refractivity contribution is 5.71. The lowest BCUT2D eigenvalue weighted by atomic mass is 10.0. The molecule has 0 bridgehead atoms. The summed E-state index contributed by atoms with van der Waals surface area (Å²) in [4.78, 5) is 15.3. The van der Waals surface area contributed by atoms with Gasteiger partial charge in [0.2, 0.25) is 0 Å². The first-order chi connectivity index (χ1) is 7.25. The van der Waals surface area contributed by atoms with Crippen LogP contribution in [-0.2, 0) is 4.79 Å². The van der Waals surface area contributed by atoms with Gasteiger partial charge in [0.1, 0.15) is 0 Å². The molecule has 2 heterocycles. The first-order valence-corrected chi connectivity index (χ1v) is 5.93. The van der Waals surface area contributed by atoms with Crippen molar-refractivity contribution in [2.24, 2.45) is 5.92 Å². The van der Waals surface area contributed by atoms with E-state index in [0.29, 0.717) is 0 Å². The van der Waals surface area contributed by atoms with Crippen LogP contribution in [0, 0.1) is 5.92 Å². The van der Waals surface area contributed by atoms with Crippen molar-refractivity contribution < 1.29 is 9.90 Å². The van der Waals surface area contributed by atoms with E-state index in [-0.39, 0.29) is 5.92 Å². The molecule has 0 aromatic rings. The Hall–Kier alpha value is -0.610. The highest BCUT2D eigenvalue weighted by Crippen LogP contribution is 2.15. The summed E-state index contributed by atoms with van der Waals surface area (Å²) in [6, 6.07) is 0. The number of hydrogen-bond acceptors (Lipinski definition) is 3. The van der Waals surface area contributed by atoms with Crippen LogP contribution >= 0.6 is 0 Å². The average Bonchev–Trinajstić information content (AvgIpc) is 2.16. The van der Waals surface area contributed by atoms with E-state index in [0.717, 1.165) is 26.2 Å². The number of rotatable bonds is 4. The molecule has 2 aliphatic heterocycles. The second kappa shape index (κ2) is 4.94. The Morgan fingerprint density at radius 2 is 1.67 bits per heavy atom. The van der Waals surface area contributed by atoms with Crippen molar-refractivity contribution in [1.82, 2.24) is 9.80 Å². The van der Waals surface area contributed by atoms with Crippen molar-refractivity contribution in [3.63, 3.8) is 0 Å². The zero-order valence-electron chi connectivity index (χ0n) is 9.19. The van der Waals surface area contributed by atoms with Crippen LogP contribution in [0.5, 0.6) is 0 Å². The molecule has 0 aromatic carbocycles. The van der Waals surface area contributed by atoms with Gasteiger partial charge >= 0.3 is 5.97 Å². The van der Waals surface area contributed by atoms with E-state index >= 15 is 0 Å². The van der Waals surface area contributed by atoms with Crippen molar-refractivity contribution in [2.75, 3.05) is 39.3 Å². The molecule has 0 amide bonds. The van der Waals surface area contributed by atoms with Crippen LogP contribution in [0.3, 0.4) is 0 Å². The fourth-order valence-corrected chi connectivity index (χ4v) is 2.37. The third-order valence-corrected chi connectivity index (χ3v) is 3.49. The number of carboxylic acids is 1. The van der Waals surface area contributed by atoms with Crippen LogP contribution in [0.15, 0.2) is 0 Å². The molecule has 0 radical (unpaired) electrons. The van der Waals surface area contributed by atoms with Gasteiger partial charge in [-0.3, -0.25) is 4.79 Å². The lowest BCUT2D eigenvalue weighted by Gasteiger charge is -2.38. The quantitative estimate of drug-likeness (QED) is 0.736. The summed E-state index contributed by atoms with van der Waals surface area (Å²) in [5.41, 5.74) is 0. The van der Waals surface area contributed by atoms with E-state index in [4.69, 9.17) is 5.11 Å². The van der Waals surface area contributed by atoms with Crippen LogP contribution in [0.4, 0.5) is 0 Å². The van der Waals surface area contributed by atoms with Crippen LogP contribution in [0.1, 0.15) is 19.3 Å². The maximum Gasteiger partial charge on any atom is 0.309 e. The molecule has 0 unspecified atom stereocenters. The Morgan fingerprint density at radius 1 is 1.07 bits per heavy atom. The fraction of sp³-hybridized carbons (Fsp3) is 0.909. The molecule has 2 rings (SSSR count). The van der Waals surface area contributed by atoms with Crippen LogP contribution in [0.2, 0.25) is 0 Å². The summed E-state index contributed by atoms with van der Waals surface area (Å²) in [6.07, 6.45) is 4.04. The second-order valence-electron chi connectivity index (χ2n) is 4.70. The van der Waals surface area contributed by atoms with Gasteiger partial charge in [0, 0.05) is 26.2 Å². The molecule has 86 valence electrons. The zero-order chi connectivity index (χ0) is 10.7. The summed E-state index contributed by atoms with van der Waals surface area (Å²) >= 11 is 0. The Balaban J connectivity index is 1.57. The molecule has 0 aliphatic carbocycles. The number of carbonyl (C=O) groups is 1. The van der Waals surface area contributed by atoms with Gasteiger partial charge in [-0.25, -0.2) is 0 Å². The standard InChI is InChI=1S/C11H20N2O2/c14-11(15)10-8-13(9-10)7-6-12-4-2-1-3-5-12/h10H,1-9H2,(H,14,15). The van der Waals surface area contributed by atoms with Gasteiger partial charge < -0.3 is 14.9 Å². The first kappa shape index (κ1) is 10.9. The number of nitrogens with zero attached hydrogens (tertiary/aromatic N) is 2. The second-order valence-corrected chi connectivity index (χ2v) is 4.70. The van der Waals surface area contributed by atoms with Crippen LogP contribution in [0.25, 0.3) is 0 Å². The molecule has 0 aromatic heterocycles. The molecular weight excluding hydrogens is 192 g/mol. The lowest BCUT2D eigenvalue weighted by molar-refractivity contribution is -0.147. The molecule has 2 aliphatic rings. The Kier molecular flexibility index (Phi) is 3.59. The lowest BCUT2D eigenvalue weighted by Crippen LogP contribution is -2.52. The van der Waals surface area contributed by atoms with Crippen molar-refractivity contribution in [3.05, 3.63) is 0 Å². The van der Waals surface area contributed by atoms with Crippen molar-refractivity contribution in [2.45, 2.75) is 19.3 Å². The number of carboxylic acid groups (broad SMARTS) is 1. The molecular formula is C11H20N2O2. The fourth-order valence-electron chi connectivity index (χ4n) is 2.37. The molecule has 0 spiro atoms. The van der Waals surface area contributed by atoms with E-state index in [1.165, 1.54) is 32.4 Å². The molecule has 15 heavy (non-hydrogen) atoms. The van der Waals surface area contributed by atoms with Gasteiger partial charge in [-0.15, -0.1) is 0 Å². The van der Waals surface area contributed by atoms with Gasteiger partial charge in [-0.2, -0.15) is 0 Å². The average molecular weight is 212 g/mol. The van der Waals surface area contributed by atoms with E-state index in [9.17, 15) is 4.79 Å². The summed E-state index contributed by atoms with van der Waals surface area (Å²) in [5, 5.41) is 8.73. The van der Waals surface area contributed by atoms with Crippen molar-refractivity contribution >= 4 is 5.97 Å². The Labute approximate surface area is 90.9 Å². The predicted molar refractivity (Wildman–Crippen MR) is 57.9 cm³/mol. The van der Waals surface area contributed by atoms with E-state index in [1.54, 1.807) is 0 Å². The maximum atomic E-state index is 10.6. The normalized spacial score (nSPS) is 25.1. The minimum atomic E-state index is -0.635. The molecule has 4 nitrogen and oxygen atoms in total. The smallest absolute Gasteiger partial charge is 0.309 e. The van der Waals surface area contributed by atoms with Crippen molar-refractivity contribution in [3.8, 4) is 0 Å². The Bertz CT molecular complexity index is 221. The highest BCUT2D eigenvalue weighted by atomic mass is 16.4. The monoisotopic (exact) mass is 212 g/mol. The summed E-state index contributed by atoms with van der Waals surface area (Å²) < 4.78 is 0. The van der Waals surface area contributed by atoms with E-state index in [1.807, 2.05) is 0 Å². The topological polar surface area (TPSA) is 43.8 Å². The molecule has 0 saturated carbocycles. The summed E-state index contributed by atoms with van der Waals surface area (Å²) in [7, 11) is 0. The number of likely N-dealkylation sites (tertiary alicyclic amines) is 2. The SMILES string of the molecule is O=C(O)C1CN(CCN2CCCCC2)C1. The largest absolute Gasteiger partial charge is 0.481 e. The van der Waals surface area contributed by atoms with Gasteiger partial charge in [0.25, 0.3) is 0 Å². The van der Waals surface area contributed by atoms with Gasteiger partial charge in [-0.1, -0.05) is 6.42 Å². The number of piperidine rings is 1. The third kappa shape index (κ3) is 2.92. The third-order valence-electron chi connectivity index (χ3n) is 3.49. The molecule has 1 N–H and O–H groups in total. The van der Waals surface area contributed by atoms with E-state index < -0.39 is 5.97 Å². The van der Waals surface area contributed by atoms with Crippen molar-refractivity contribution in [1.29, 1.82) is 0 Å². The summed E-state index contributed by atoms with van der Waals surface area (Å²) in [5.74, 6) is -0.740. The van der Waals surface area contributed by atoms with Gasteiger partial charge in [0.05, 0.1) is 5.92 Å². The Morgan fingerprint density at radius 3 is 2.27 bits per heavy atom. The zero-order valence-corrected chi connectivity index (χ0v) is 9.19. The van der Waals surface area contributed by atoms with Crippen LogP contribution < -0.4 is 0 Å². The molecule has 0 atom stereocenters.